The van der Waals surface area contributed by atoms with E-state index >= 15 is 0 Å². The van der Waals surface area contributed by atoms with Crippen LogP contribution in [0.25, 0.3) is 0 Å². The third kappa shape index (κ3) is 7.45. The van der Waals surface area contributed by atoms with Gasteiger partial charge in [-0.15, -0.1) is 0 Å². The van der Waals surface area contributed by atoms with Gasteiger partial charge in [0.15, 0.2) is 0 Å². The second-order valence-electron chi connectivity index (χ2n) is 8.76. The number of rotatable bonds is 10. The number of benzene rings is 4. The van der Waals surface area contributed by atoms with Gasteiger partial charge in [0.1, 0.15) is 6.04 Å². The molecule has 1 N–H and O–H groups in total. The van der Waals surface area contributed by atoms with Crippen molar-refractivity contribution in [3.05, 3.63) is 141 Å². The van der Waals surface area contributed by atoms with Gasteiger partial charge in [0.2, 0.25) is 11.8 Å². The highest BCUT2D eigenvalue weighted by Crippen LogP contribution is 2.26. The van der Waals surface area contributed by atoms with Crippen LogP contribution in [0.2, 0.25) is 10.0 Å². The van der Waals surface area contributed by atoms with E-state index in [0.717, 1.165) is 22.3 Å². The molecule has 0 bridgehead atoms. The van der Waals surface area contributed by atoms with Gasteiger partial charge in [-0.25, -0.2) is 0 Å². The normalized spacial score (nSPS) is 11.5. The van der Waals surface area contributed by atoms with Crippen LogP contribution in [0.3, 0.4) is 0 Å². The molecule has 37 heavy (non-hydrogen) atoms. The first-order valence-corrected chi connectivity index (χ1v) is 12.9. The zero-order valence-electron chi connectivity index (χ0n) is 20.3. The standard InChI is InChI=1S/C31H28Cl2N2O2/c32-27-18-15-24(16-19-27)22-35(29(36)20-17-23-9-3-1-4-10-23)30(25-11-5-2-6-12-25)31(37)34-21-26-13-7-8-14-28(26)33/h1-16,18-19,30H,17,20-22H2,(H,34,37)/t30-/m1/s1. The molecule has 4 aromatic rings. The molecule has 0 saturated carbocycles. The lowest BCUT2D eigenvalue weighted by Crippen LogP contribution is -2.43. The van der Waals surface area contributed by atoms with E-state index in [0.29, 0.717) is 16.5 Å². The quantitative estimate of drug-likeness (QED) is 0.239. The summed E-state index contributed by atoms with van der Waals surface area (Å²) >= 11 is 12.4. The van der Waals surface area contributed by atoms with Crippen molar-refractivity contribution in [1.82, 2.24) is 10.2 Å². The Kier molecular flexibility index (Phi) is 9.36. The van der Waals surface area contributed by atoms with Crippen molar-refractivity contribution in [2.45, 2.75) is 32.0 Å². The second kappa shape index (κ2) is 13.1. The number of nitrogens with zero attached hydrogens (tertiary/aromatic N) is 1. The summed E-state index contributed by atoms with van der Waals surface area (Å²) in [5, 5.41) is 4.20. The van der Waals surface area contributed by atoms with Crippen molar-refractivity contribution in [3.8, 4) is 0 Å². The van der Waals surface area contributed by atoms with Crippen molar-refractivity contribution >= 4 is 35.0 Å². The molecular weight excluding hydrogens is 503 g/mol. The highest BCUT2D eigenvalue weighted by atomic mass is 35.5. The molecule has 0 heterocycles. The summed E-state index contributed by atoms with van der Waals surface area (Å²) in [6.07, 6.45) is 0.859. The van der Waals surface area contributed by atoms with Crippen LogP contribution in [0.1, 0.15) is 34.7 Å². The summed E-state index contributed by atoms with van der Waals surface area (Å²) in [7, 11) is 0. The fourth-order valence-corrected chi connectivity index (χ4v) is 4.51. The second-order valence-corrected chi connectivity index (χ2v) is 9.60. The Hall–Kier alpha value is -3.60. The molecule has 0 aliphatic carbocycles. The third-order valence-electron chi connectivity index (χ3n) is 6.14. The molecule has 0 aromatic heterocycles. The van der Waals surface area contributed by atoms with Crippen molar-refractivity contribution in [2.24, 2.45) is 0 Å². The molecule has 188 valence electrons. The molecule has 0 aliphatic rings. The van der Waals surface area contributed by atoms with Gasteiger partial charge in [-0.05, 0) is 46.9 Å². The molecule has 0 fully saturated rings. The van der Waals surface area contributed by atoms with Gasteiger partial charge in [-0.3, -0.25) is 9.59 Å². The lowest BCUT2D eigenvalue weighted by atomic mass is 10.0. The van der Waals surface area contributed by atoms with Gasteiger partial charge in [0.25, 0.3) is 0 Å². The number of carbonyl (C=O) groups excluding carboxylic acids is 2. The maximum atomic E-state index is 13.7. The van der Waals surface area contributed by atoms with Crippen LogP contribution in [0.4, 0.5) is 0 Å². The molecule has 4 nitrogen and oxygen atoms in total. The molecule has 0 radical (unpaired) electrons. The Morgan fingerprint density at radius 3 is 2.03 bits per heavy atom. The molecule has 0 spiro atoms. The number of halogens is 2. The van der Waals surface area contributed by atoms with Crippen molar-refractivity contribution < 1.29 is 9.59 Å². The molecule has 4 rings (SSSR count). The van der Waals surface area contributed by atoms with E-state index in [9.17, 15) is 9.59 Å². The SMILES string of the molecule is O=C(NCc1ccccc1Cl)[C@@H](c1ccccc1)N(Cc1ccc(Cl)cc1)C(=O)CCc1ccccc1. The van der Waals surface area contributed by atoms with Crippen LogP contribution in [-0.2, 0) is 29.1 Å². The fourth-order valence-electron chi connectivity index (χ4n) is 4.18. The molecule has 0 unspecified atom stereocenters. The van der Waals surface area contributed by atoms with Crippen LogP contribution < -0.4 is 5.32 Å². The van der Waals surface area contributed by atoms with E-state index in [-0.39, 0.29) is 31.3 Å². The molecule has 0 saturated heterocycles. The predicted octanol–water partition coefficient (Wildman–Crippen LogP) is 7.01. The maximum absolute atomic E-state index is 13.7. The average Bonchev–Trinajstić information content (AvgIpc) is 2.93. The Balaban J connectivity index is 1.63. The molecular formula is C31H28Cl2N2O2. The lowest BCUT2D eigenvalue weighted by molar-refractivity contribution is -0.141. The van der Waals surface area contributed by atoms with Crippen LogP contribution in [0.5, 0.6) is 0 Å². The molecule has 0 aliphatic heterocycles. The predicted molar refractivity (Wildman–Crippen MR) is 149 cm³/mol. The van der Waals surface area contributed by atoms with E-state index in [1.807, 2.05) is 91.0 Å². The van der Waals surface area contributed by atoms with Gasteiger partial charge in [-0.1, -0.05) is 114 Å². The topological polar surface area (TPSA) is 49.4 Å². The number of aryl methyl sites for hydroxylation is 1. The Bertz CT molecular complexity index is 1310. The highest BCUT2D eigenvalue weighted by Gasteiger charge is 2.31. The number of hydrogen-bond donors (Lipinski definition) is 1. The Labute approximate surface area is 227 Å². The Morgan fingerprint density at radius 1 is 0.730 bits per heavy atom. The van der Waals surface area contributed by atoms with Gasteiger partial charge in [-0.2, -0.15) is 0 Å². The van der Waals surface area contributed by atoms with Gasteiger partial charge in [0.05, 0.1) is 0 Å². The lowest BCUT2D eigenvalue weighted by Gasteiger charge is -2.32. The highest BCUT2D eigenvalue weighted by molar-refractivity contribution is 6.31. The van der Waals surface area contributed by atoms with Crippen LogP contribution in [0.15, 0.2) is 109 Å². The minimum Gasteiger partial charge on any atom is -0.350 e. The summed E-state index contributed by atoms with van der Waals surface area (Å²) in [6.45, 7) is 0.526. The molecule has 6 heteroatoms. The molecule has 1 atom stereocenters. The number of carbonyl (C=O) groups is 2. The number of nitrogens with one attached hydrogen (secondary N) is 1. The van der Waals surface area contributed by atoms with Gasteiger partial charge < -0.3 is 10.2 Å². The van der Waals surface area contributed by atoms with Gasteiger partial charge in [0, 0.05) is 29.6 Å². The van der Waals surface area contributed by atoms with Crippen LogP contribution >= 0.6 is 23.2 Å². The van der Waals surface area contributed by atoms with Gasteiger partial charge >= 0.3 is 0 Å². The molecule has 2 amide bonds. The summed E-state index contributed by atoms with van der Waals surface area (Å²) < 4.78 is 0. The largest absolute Gasteiger partial charge is 0.350 e. The van der Waals surface area contributed by atoms with Crippen molar-refractivity contribution in [3.63, 3.8) is 0 Å². The number of amides is 2. The zero-order chi connectivity index (χ0) is 26.0. The van der Waals surface area contributed by atoms with Crippen molar-refractivity contribution in [1.29, 1.82) is 0 Å². The summed E-state index contributed by atoms with van der Waals surface area (Å²) in [5.74, 6) is -0.381. The van der Waals surface area contributed by atoms with Crippen LogP contribution in [0, 0.1) is 0 Å². The fraction of sp³-hybridized carbons (Fsp3) is 0.161. The summed E-state index contributed by atoms with van der Waals surface area (Å²) in [5.41, 5.74) is 3.50. The minimum absolute atomic E-state index is 0.111. The number of hydrogen-bond acceptors (Lipinski definition) is 2. The first-order valence-electron chi connectivity index (χ1n) is 12.1. The Morgan fingerprint density at radius 2 is 1.35 bits per heavy atom. The van der Waals surface area contributed by atoms with E-state index in [4.69, 9.17) is 23.2 Å². The summed E-state index contributed by atoms with van der Waals surface area (Å²) in [4.78, 5) is 29.1. The first kappa shape index (κ1) is 26.5. The van der Waals surface area contributed by atoms with E-state index in [1.54, 1.807) is 23.1 Å². The van der Waals surface area contributed by atoms with Crippen LogP contribution in [-0.4, -0.2) is 16.7 Å². The first-order chi connectivity index (χ1) is 18.0. The van der Waals surface area contributed by atoms with E-state index in [1.165, 1.54) is 0 Å². The van der Waals surface area contributed by atoms with E-state index in [2.05, 4.69) is 5.32 Å². The molecule has 4 aromatic carbocycles. The maximum Gasteiger partial charge on any atom is 0.247 e. The average molecular weight is 531 g/mol. The van der Waals surface area contributed by atoms with E-state index < -0.39 is 6.04 Å². The monoisotopic (exact) mass is 530 g/mol. The zero-order valence-corrected chi connectivity index (χ0v) is 21.8. The minimum atomic E-state index is -0.817. The summed E-state index contributed by atoms with van der Waals surface area (Å²) in [6, 6.07) is 33.2. The smallest absolute Gasteiger partial charge is 0.247 e. The van der Waals surface area contributed by atoms with Crippen molar-refractivity contribution in [2.75, 3.05) is 0 Å². The third-order valence-corrected chi connectivity index (χ3v) is 6.76.